The van der Waals surface area contributed by atoms with Gasteiger partial charge in [0.05, 0.1) is 6.10 Å². The van der Waals surface area contributed by atoms with Crippen LogP contribution in [0.15, 0.2) is 12.2 Å². The topological polar surface area (TPSA) is 78.9 Å². The quantitative estimate of drug-likeness (QED) is 0.542. The highest BCUT2D eigenvalue weighted by Crippen LogP contribution is 2.19. The lowest BCUT2D eigenvalue weighted by molar-refractivity contribution is -0.164. The van der Waals surface area contributed by atoms with E-state index in [-0.39, 0.29) is 24.9 Å². The summed E-state index contributed by atoms with van der Waals surface area (Å²) in [5.74, 6) is -0.897. The average Bonchev–Trinajstić information content (AvgIpc) is 2.27. The lowest BCUT2D eigenvalue weighted by atomic mass is 10.1. The molecule has 0 saturated carbocycles. The second-order valence-corrected chi connectivity index (χ2v) is 4.38. The van der Waals surface area contributed by atoms with Gasteiger partial charge in [0.25, 0.3) is 0 Å². The Morgan fingerprint density at radius 1 is 1.11 bits per heavy atom. The van der Waals surface area contributed by atoms with E-state index in [2.05, 4.69) is 0 Å². The normalized spacial score (nSPS) is 25.7. The van der Waals surface area contributed by atoms with Crippen molar-refractivity contribution in [3.05, 3.63) is 12.2 Å². The van der Waals surface area contributed by atoms with Crippen LogP contribution in [0.1, 0.15) is 27.2 Å². The molecule has 19 heavy (non-hydrogen) atoms. The maximum absolute atomic E-state index is 11.1. The summed E-state index contributed by atoms with van der Waals surface area (Å²) in [5.41, 5.74) is 0. The van der Waals surface area contributed by atoms with Gasteiger partial charge in [0.2, 0.25) is 0 Å². The van der Waals surface area contributed by atoms with E-state index < -0.39 is 24.1 Å². The predicted octanol–water partition coefficient (Wildman–Crippen LogP) is 0.784. The van der Waals surface area contributed by atoms with Crippen molar-refractivity contribution in [3.8, 4) is 0 Å². The number of ether oxygens (including phenoxy) is 3. The van der Waals surface area contributed by atoms with Crippen LogP contribution in [0, 0.1) is 0 Å². The lowest BCUT2D eigenvalue weighted by Gasteiger charge is -2.31. The van der Waals surface area contributed by atoms with E-state index in [1.807, 2.05) is 0 Å². The fourth-order valence-corrected chi connectivity index (χ4v) is 1.74. The van der Waals surface area contributed by atoms with Crippen LogP contribution in [-0.4, -0.2) is 42.6 Å². The smallest absolute Gasteiger partial charge is 0.303 e. The molecule has 6 nitrogen and oxygen atoms in total. The molecule has 3 atom stereocenters. The Balaban J connectivity index is 2.68. The molecule has 6 heteroatoms. The molecule has 1 rings (SSSR count). The van der Waals surface area contributed by atoms with Gasteiger partial charge >= 0.3 is 11.9 Å². The Labute approximate surface area is 111 Å². The van der Waals surface area contributed by atoms with Crippen LogP contribution in [0.3, 0.4) is 0 Å². The molecule has 1 aliphatic rings. The molecule has 0 bridgehead atoms. The molecule has 0 aromatic heterocycles. The minimum atomic E-state index is -0.611. The Kier molecular flexibility index (Phi) is 5.69. The minimum absolute atomic E-state index is 0.00757. The number of ketones is 1. The van der Waals surface area contributed by atoms with Gasteiger partial charge in [0.15, 0.2) is 0 Å². The fraction of sp³-hybridized carbons (Fsp3) is 0.615. The Hall–Kier alpha value is -1.69. The van der Waals surface area contributed by atoms with Gasteiger partial charge in [-0.2, -0.15) is 0 Å². The van der Waals surface area contributed by atoms with Crippen LogP contribution in [0.4, 0.5) is 0 Å². The van der Waals surface area contributed by atoms with Gasteiger partial charge in [-0.1, -0.05) is 6.08 Å². The summed E-state index contributed by atoms with van der Waals surface area (Å²) in [6.45, 7) is 4.02. The van der Waals surface area contributed by atoms with Gasteiger partial charge in [0, 0.05) is 20.3 Å². The minimum Gasteiger partial charge on any atom is -0.463 e. The number of carbonyl (C=O) groups excluding carboxylic acids is 3. The molecule has 0 saturated heterocycles. The molecule has 0 aliphatic carbocycles. The molecule has 0 aromatic rings. The van der Waals surface area contributed by atoms with Crippen LogP contribution in [0.5, 0.6) is 0 Å². The summed E-state index contributed by atoms with van der Waals surface area (Å²) in [6.07, 6.45) is 1.98. The second-order valence-electron chi connectivity index (χ2n) is 4.38. The van der Waals surface area contributed by atoms with Gasteiger partial charge in [-0.05, 0) is 13.0 Å². The molecular weight excluding hydrogens is 252 g/mol. The first-order chi connectivity index (χ1) is 8.88. The Morgan fingerprint density at radius 2 is 1.79 bits per heavy atom. The molecule has 0 aromatic carbocycles. The first-order valence-corrected chi connectivity index (χ1v) is 6.02. The monoisotopic (exact) mass is 270 g/mol. The molecule has 0 N–H and O–H groups in total. The summed E-state index contributed by atoms with van der Waals surface area (Å²) < 4.78 is 15.5. The molecule has 0 unspecified atom stereocenters. The van der Waals surface area contributed by atoms with Crippen molar-refractivity contribution in [2.45, 2.75) is 45.5 Å². The second kappa shape index (κ2) is 7.04. The van der Waals surface area contributed by atoms with E-state index in [4.69, 9.17) is 14.2 Å². The predicted molar refractivity (Wildman–Crippen MR) is 65.3 cm³/mol. The first-order valence-electron chi connectivity index (χ1n) is 6.02. The molecule has 0 radical (unpaired) electrons. The van der Waals surface area contributed by atoms with Gasteiger partial charge < -0.3 is 14.2 Å². The summed E-state index contributed by atoms with van der Waals surface area (Å²) in [4.78, 5) is 32.9. The zero-order valence-electron chi connectivity index (χ0n) is 11.3. The van der Waals surface area contributed by atoms with E-state index in [9.17, 15) is 14.4 Å². The molecule has 0 spiro atoms. The first kappa shape index (κ1) is 15.4. The average molecular weight is 270 g/mol. The third-order valence-corrected chi connectivity index (χ3v) is 2.47. The number of Topliss-reactive ketones (excluding diaryl/α,β-unsaturated/α-hetero) is 1. The van der Waals surface area contributed by atoms with Crippen molar-refractivity contribution in [3.63, 3.8) is 0 Å². The summed E-state index contributed by atoms with van der Waals surface area (Å²) in [6, 6.07) is 0. The van der Waals surface area contributed by atoms with Crippen molar-refractivity contribution >= 4 is 17.7 Å². The standard InChI is InChI=1S/C13H18O6/c1-8(14)6-11-4-5-12(18-10(3)16)13(19-11)7-17-9(2)15/h4-5,11-13H,6-7H2,1-3H3/t11-,12+,13+/m0/s1. The summed E-state index contributed by atoms with van der Waals surface area (Å²) in [5, 5.41) is 0. The SMILES string of the molecule is CC(=O)C[C@@H]1C=C[C@@H](OC(C)=O)[C@@H](COC(C)=O)O1. The molecule has 0 fully saturated rings. The van der Waals surface area contributed by atoms with Gasteiger partial charge in [-0.15, -0.1) is 0 Å². The van der Waals surface area contributed by atoms with E-state index >= 15 is 0 Å². The molecule has 106 valence electrons. The fourth-order valence-electron chi connectivity index (χ4n) is 1.74. The van der Waals surface area contributed by atoms with Crippen LogP contribution < -0.4 is 0 Å². The maximum atomic E-state index is 11.1. The zero-order chi connectivity index (χ0) is 14.4. The van der Waals surface area contributed by atoms with Crippen LogP contribution in [0.2, 0.25) is 0 Å². The van der Waals surface area contributed by atoms with Gasteiger partial charge in [-0.3, -0.25) is 14.4 Å². The van der Waals surface area contributed by atoms with E-state index in [0.29, 0.717) is 0 Å². The van der Waals surface area contributed by atoms with Crippen molar-refractivity contribution < 1.29 is 28.6 Å². The number of rotatable bonds is 5. The van der Waals surface area contributed by atoms with E-state index in [0.717, 1.165) is 0 Å². The van der Waals surface area contributed by atoms with Crippen LogP contribution >= 0.6 is 0 Å². The van der Waals surface area contributed by atoms with Crippen molar-refractivity contribution in [2.24, 2.45) is 0 Å². The molecule has 1 heterocycles. The summed E-state index contributed by atoms with van der Waals surface area (Å²) in [7, 11) is 0. The number of esters is 2. The summed E-state index contributed by atoms with van der Waals surface area (Å²) >= 11 is 0. The Morgan fingerprint density at radius 3 is 2.32 bits per heavy atom. The third-order valence-electron chi connectivity index (χ3n) is 2.47. The molecule has 1 aliphatic heterocycles. The van der Waals surface area contributed by atoms with E-state index in [1.54, 1.807) is 12.2 Å². The number of carbonyl (C=O) groups is 3. The maximum Gasteiger partial charge on any atom is 0.303 e. The van der Waals surface area contributed by atoms with Gasteiger partial charge in [-0.25, -0.2) is 0 Å². The highest BCUT2D eigenvalue weighted by atomic mass is 16.6. The van der Waals surface area contributed by atoms with Crippen molar-refractivity contribution in [2.75, 3.05) is 6.61 Å². The van der Waals surface area contributed by atoms with Crippen molar-refractivity contribution in [1.82, 2.24) is 0 Å². The zero-order valence-corrected chi connectivity index (χ0v) is 11.3. The third kappa shape index (κ3) is 5.65. The highest BCUT2D eigenvalue weighted by molar-refractivity contribution is 5.76. The van der Waals surface area contributed by atoms with Crippen LogP contribution in [0.25, 0.3) is 0 Å². The number of hydrogen-bond donors (Lipinski definition) is 0. The van der Waals surface area contributed by atoms with E-state index in [1.165, 1.54) is 20.8 Å². The largest absolute Gasteiger partial charge is 0.463 e. The molecular formula is C13H18O6. The lowest BCUT2D eigenvalue weighted by Crippen LogP contribution is -2.41. The van der Waals surface area contributed by atoms with Gasteiger partial charge in [0.1, 0.15) is 24.6 Å². The van der Waals surface area contributed by atoms with Crippen molar-refractivity contribution in [1.29, 1.82) is 0 Å². The molecule has 0 amide bonds. The number of hydrogen-bond acceptors (Lipinski definition) is 6. The van der Waals surface area contributed by atoms with Crippen LogP contribution in [-0.2, 0) is 28.6 Å². The highest BCUT2D eigenvalue weighted by Gasteiger charge is 2.30. The Bertz CT molecular complexity index is 387.